The minimum atomic E-state index is -4.85. The zero-order valence-corrected chi connectivity index (χ0v) is 12.7. The number of benzene rings is 1. The molecule has 4 nitrogen and oxygen atoms in total. The second-order valence-electron chi connectivity index (χ2n) is 5.51. The molecular weight excluding hydrogens is 309 g/mol. The number of hydrogen-bond donors (Lipinski definition) is 0. The van der Waals surface area contributed by atoms with E-state index < -0.39 is 12.1 Å². The van der Waals surface area contributed by atoms with Crippen LogP contribution < -0.4 is 0 Å². The molecule has 1 aromatic carbocycles. The van der Waals surface area contributed by atoms with E-state index >= 15 is 0 Å². The molecule has 0 atom stereocenters. The number of halogens is 3. The van der Waals surface area contributed by atoms with Gasteiger partial charge in [0.2, 0.25) is 5.91 Å². The van der Waals surface area contributed by atoms with Crippen molar-refractivity contribution in [1.82, 2.24) is 9.80 Å². The SMILES string of the molecule is O=C(CCc1ccccc1)N1CCCN(C(=O)C(F)(F)F)CC1. The highest BCUT2D eigenvalue weighted by Gasteiger charge is 2.42. The summed E-state index contributed by atoms with van der Waals surface area (Å²) in [5.74, 6) is -1.91. The predicted octanol–water partition coefficient (Wildman–Crippen LogP) is 2.24. The lowest BCUT2D eigenvalue weighted by molar-refractivity contribution is -0.185. The summed E-state index contributed by atoms with van der Waals surface area (Å²) in [7, 11) is 0. The molecule has 23 heavy (non-hydrogen) atoms. The third-order valence-corrected chi connectivity index (χ3v) is 3.85. The van der Waals surface area contributed by atoms with Gasteiger partial charge in [0.05, 0.1) is 0 Å². The Bertz CT molecular complexity index is 546. The highest BCUT2D eigenvalue weighted by molar-refractivity contribution is 5.82. The van der Waals surface area contributed by atoms with Crippen molar-refractivity contribution in [3.63, 3.8) is 0 Å². The van der Waals surface area contributed by atoms with Gasteiger partial charge in [-0.15, -0.1) is 0 Å². The number of aryl methyl sites for hydroxylation is 1. The van der Waals surface area contributed by atoms with Crippen LogP contribution in [0.25, 0.3) is 0 Å². The number of nitrogens with zero attached hydrogens (tertiary/aromatic N) is 2. The molecule has 1 aliphatic rings. The Morgan fingerprint density at radius 1 is 0.957 bits per heavy atom. The Hall–Kier alpha value is -2.05. The number of carbonyl (C=O) groups excluding carboxylic acids is 2. The second-order valence-corrected chi connectivity index (χ2v) is 5.51. The van der Waals surface area contributed by atoms with Crippen LogP contribution in [0.15, 0.2) is 30.3 Å². The summed E-state index contributed by atoms with van der Waals surface area (Å²) in [6, 6.07) is 9.55. The number of carbonyl (C=O) groups is 2. The molecule has 0 saturated carbocycles. The van der Waals surface area contributed by atoms with Crippen molar-refractivity contribution in [2.24, 2.45) is 0 Å². The van der Waals surface area contributed by atoms with Crippen molar-refractivity contribution < 1.29 is 22.8 Å². The van der Waals surface area contributed by atoms with Gasteiger partial charge in [-0.1, -0.05) is 30.3 Å². The number of alkyl halides is 3. The Kier molecular flexibility index (Phi) is 5.63. The van der Waals surface area contributed by atoms with Crippen molar-refractivity contribution in [2.75, 3.05) is 26.2 Å². The zero-order chi connectivity index (χ0) is 16.9. The van der Waals surface area contributed by atoms with E-state index in [4.69, 9.17) is 0 Å². The molecule has 0 bridgehead atoms. The fourth-order valence-electron chi connectivity index (χ4n) is 2.60. The average molecular weight is 328 g/mol. The van der Waals surface area contributed by atoms with Crippen LogP contribution in [0.2, 0.25) is 0 Å². The largest absolute Gasteiger partial charge is 0.471 e. The molecule has 0 radical (unpaired) electrons. The van der Waals surface area contributed by atoms with E-state index in [1.165, 1.54) is 0 Å². The van der Waals surface area contributed by atoms with Crippen molar-refractivity contribution in [3.8, 4) is 0 Å². The van der Waals surface area contributed by atoms with Gasteiger partial charge in [-0.05, 0) is 18.4 Å². The zero-order valence-electron chi connectivity index (χ0n) is 12.7. The van der Waals surface area contributed by atoms with Crippen LogP contribution >= 0.6 is 0 Å². The average Bonchev–Trinajstić information content (AvgIpc) is 2.78. The smallest absolute Gasteiger partial charge is 0.341 e. The van der Waals surface area contributed by atoms with Gasteiger partial charge in [-0.2, -0.15) is 13.2 Å². The quantitative estimate of drug-likeness (QED) is 0.854. The summed E-state index contributed by atoms with van der Waals surface area (Å²) in [5.41, 5.74) is 1.05. The summed E-state index contributed by atoms with van der Waals surface area (Å²) in [5, 5.41) is 0. The monoisotopic (exact) mass is 328 g/mol. The summed E-state index contributed by atoms with van der Waals surface area (Å²) in [6.07, 6.45) is -3.58. The van der Waals surface area contributed by atoms with Crippen LogP contribution in [0.4, 0.5) is 13.2 Å². The van der Waals surface area contributed by atoms with Crippen LogP contribution in [0, 0.1) is 0 Å². The van der Waals surface area contributed by atoms with Crippen LogP contribution in [0.5, 0.6) is 0 Å². The molecule has 0 aromatic heterocycles. The van der Waals surface area contributed by atoms with Crippen LogP contribution in [0.1, 0.15) is 18.4 Å². The topological polar surface area (TPSA) is 40.6 Å². The first-order valence-corrected chi connectivity index (χ1v) is 7.56. The van der Waals surface area contributed by atoms with E-state index in [0.717, 1.165) is 10.5 Å². The highest BCUT2D eigenvalue weighted by atomic mass is 19.4. The molecule has 126 valence electrons. The molecule has 1 fully saturated rings. The maximum Gasteiger partial charge on any atom is 0.471 e. The van der Waals surface area contributed by atoms with Crippen LogP contribution in [0.3, 0.4) is 0 Å². The standard InChI is InChI=1S/C16H19F3N2O2/c17-16(18,19)15(23)21-10-4-9-20(11-12-21)14(22)8-7-13-5-2-1-3-6-13/h1-3,5-6H,4,7-12H2. The summed E-state index contributed by atoms with van der Waals surface area (Å²) < 4.78 is 37.4. The lowest BCUT2D eigenvalue weighted by Crippen LogP contribution is -2.43. The van der Waals surface area contributed by atoms with Gasteiger partial charge in [0.1, 0.15) is 0 Å². The van der Waals surface area contributed by atoms with Gasteiger partial charge in [-0.25, -0.2) is 0 Å². The molecule has 2 amide bonds. The Morgan fingerprint density at radius 2 is 1.57 bits per heavy atom. The molecule has 0 N–H and O–H groups in total. The van der Waals surface area contributed by atoms with E-state index in [9.17, 15) is 22.8 Å². The summed E-state index contributed by atoms with van der Waals surface area (Å²) >= 11 is 0. The van der Waals surface area contributed by atoms with Crippen LogP contribution in [-0.2, 0) is 16.0 Å². The minimum absolute atomic E-state index is 0.0286. The third-order valence-electron chi connectivity index (χ3n) is 3.85. The molecule has 7 heteroatoms. The molecule has 1 aromatic rings. The number of rotatable bonds is 3. The van der Waals surface area contributed by atoms with Crippen molar-refractivity contribution in [2.45, 2.75) is 25.4 Å². The fraction of sp³-hybridized carbons (Fsp3) is 0.500. The van der Waals surface area contributed by atoms with Gasteiger partial charge in [0.15, 0.2) is 0 Å². The first-order chi connectivity index (χ1) is 10.9. The minimum Gasteiger partial charge on any atom is -0.341 e. The van der Waals surface area contributed by atoms with Crippen molar-refractivity contribution in [1.29, 1.82) is 0 Å². The maximum atomic E-state index is 12.5. The van der Waals surface area contributed by atoms with Gasteiger partial charge >= 0.3 is 12.1 Å². The predicted molar refractivity (Wildman–Crippen MR) is 78.6 cm³/mol. The number of hydrogen-bond acceptors (Lipinski definition) is 2. The Balaban J connectivity index is 1.85. The van der Waals surface area contributed by atoms with E-state index in [1.807, 2.05) is 30.3 Å². The molecule has 2 rings (SSSR count). The highest BCUT2D eigenvalue weighted by Crippen LogP contribution is 2.19. The Morgan fingerprint density at radius 3 is 2.22 bits per heavy atom. The lowest BCUT2D eigenvalue weighted by atomic mass is 10.1. The van der Waals surface area contributed by atoms with Gasteiger partial charge in [0.25, 0.3) is 0 Å². The van der Waals surface area contributed by atoms with Gasteiger partial charge in [-0.3, -0.25) is 9.59 Å². The number of amides is 2. The normalized spacial score (nSPS) is 16.1. The molecular formula is C16H19F3N2O2. The molecule has 1 heterocycles. The molecule has 0 unspecified atom stereocenters. The molecule has 0 spiro atoms. The van der Waals surface area contributed by atoms with Crippen molar-refractivity contribution >= 4 is 11.8 Å². The van der Waals surface area contributed by atoms with Gasteiger partial charge in [0, 0.05) is 32.6 Å². The summed E-state index contributed by atoms with van der Waals surface area (Å²) in [4.78, 5) is 25.8. The van der Waals surface area contributed by atoms with E-state index in [2.05, 4.69) is 0 Å². The summed E-state index contributed by atoms with van der Waals surface area (Å²) in [6.45, 7) is 0.487. The van der Waals surface area contributed by atoms with Gasteiger partial charge < -0.3 is 9.80 Å². The van der Waals surface area contributed by atoms with E-state index in [0.29, 0.717) is 25.8 Å². The molecule has 0 aliphatic carbocycles. The third kappa shape index (κ3) is 4.97. The lowest BCUT2D eigenvalue weighted by Gasteiger charge is -2.23. The van der Waals surface area contributed by atoms with E-state index in [1.54, 1.807) is 4.90 Å². The van der Waals surface area contributed by atoms with E-state index in [-0.39, 0.29) is 25.5 Å². The Labute approximate surface area is 132 Å². The van der Waals surface area contributed by atoms with Crippen LogP contribution in [-0.4, -0.2) is 54.0 Å². The molecule has 1 saturated heterocycles. The fourth-order valence-corrected chi connectivity index (χ4v) is 2.60. The molecule has 1 aliphatic heterocycles. The first-order valence-electron chi connectivity index (χ1n) is 7.56. The second kappa shape index (κ2) is 7.48. The van der Waals surface area contributed by atoms with Crippen molar-refractivity contribution in [3.05, 3.63) is 35.9 Å². The first kappa shape index (κ1) is 17.3. The maximum absolute atomic E-state index is 12.5.